The lowest BCUT2D eigenvalue weighted by molar-refractivity contribution is -0.139. The van der Waals surface area contributed by atoms with Gasteiger partial charge in [-0.15, -0.1) is 0 Å². The lowest BCUT2D eigenvalue weighted by Crippen LogP contribution is -2.43. The van der Waals surface area contributed by atoms with Crippen LogP contribution < -0.4 is 4.74 Å². The lowest BCUT2D eigenvalue weighted by Gasteiger charge is -2.25. The number of carbonyl (C=O) groups excluding carboxylic acids is 1. The molecule has 0 bridgehead atoms. The summed E-state index contributed by atoms with van der Waals surface area (Å²) in [6, 6.07) is 5.25. The van der Waals surface area contributed by atoms with Crippen LogP contribution in [0.15, 0.2) is 18.2 Å². The Labute approximate surface area is 130 Å². The number of hydrogen-bond acceptors (Lipinski definition) is 4. The van der Waals surface area contributed by atoms with Gasteiger partial charge in [-0.3, -0.25) is 4.79 Å². The second kappa shape index (κ2) is 8.87. The maximum Gasteiger partial charge on any atom is 0.263 e. The zero-order valence-electron chi connectivity index (χ0n) is 12.6. The topological polar surface area (TPSA) is 59.0 Å². The lowest BCUT2D eigenvalue weighted by atomic mass is 10.2. The highest BCUT2D eigenvalue weighted by molar-refractivity contribution is 6.30. The van der Waals surface area contributed by atoms with E-state index in [0.29, 0.717) is 23.9 Å². The Morgan fingerprint density at radius 3 is 2.71 bits per heavy atom. The van der Waals surface area contributed by atoms with Crippen molar-refractivity contribution in [2.75, 3.05) is 33.4 Å². The summed E-state index contributed by atoms with van der Waals surface area (Å²) < 4.78 is 10.7. The zero-order valence-corrected chi connectivity index (χ0v) is 13.4. The average molecular weight is 316 g/mol. The second-order valence-electron chi connectivity index (χ2n) is 4.71. The summed E-state index contributed by atoms with van der Waals surface area (Å²) in [5.74, 6) is 0.436. The van der Waals surface area contributed by atoms with E-state index in [4.69, 9.17) is 26.2 Å². The minimum absolute atomic E-state index is 0.0951. The minimum Gasteiger partial charge on any atom is -0.481 e. The SMILES string of the molecule is COCCN(CCO)C(=O)C(C)Oc1ccc(Cl)cc1C. The van der Waals surface area contributed by atoms with Crippen molar-refractivity contribution < 1.29 is 19.4 Å². The van der Waals surface area contributed by atoms with E-state index in [0.717, 1.165) is 5.56 Å². The van der Waals surface area contributed by atoms with Gasteiger partial charge < -0.3 is 19.5 Å². The van der Waals surface area contributed by atoms with Crippen molar-refractivity contribution >= 4 is 17.5 Å². The summed E-state index contributed by atoms with van der Waals surface area (Å²) in [4.78, 5) is 13.9. The molecule has 6 heteroatoms. The molecule has 1 N–H and O–H groups in total. The van der Waals surface area contributed by atoms with Crippen LogP contribution >= 0.6 is 11.6 Å². The van der Waals surface area contributed by atoms with Crippen LogP contribution in [-0.2, 0) is 9.53 Å². The Bertz CT molecular complexity index is 467. The van der Waals surface area contributed by atoms with Crippen LogP contribution in [0.5, 0.6) is 5.75 Å². The fraction of sp³-hybridized carbons (Fsp3) is 0.533. The van der Waals surface area contributed by atoms with Crippen molar-refractivity contribution in [3.05, 3.63) is 28.8 Å². The van der Waals surface area contributed by atoms with Crippen LogP contribution in [0.25, 0.3) is 0 Å². The number of nitrogens with zero attached hydrogens (tertiary/aromatic N) is 1. The standard InChI is InChI=1S/C15H22ClNO4/c1-11-10-13(16)4-5-14(11)21-12(2)15(19)17(6-8-18)7-9-20-3/h4-5,10,12,18H,6-9H2,1-3H3. The number of aryl methyl sites for hydroxylation is 1. The van der Waals surface area contributed by atoms with E-state index >= 15 is 0 Å². The van der Waals surface area contributed by atoms with Gasteiger partial charge in [0, 0.05) is 25.2 Å². The molecule has 0 aliphatic heterocycles. The number of halogens is 1. The van der Waals surface area contributed by atoms with Gasteiger partial charge in [0.15, 0.2) is 6.10 Å². The maximum atomic E-state index is 12.3. The predicted octanol–water partition coefficient (Wildman–Crippen LogP) is 1.88. The monoisotopic (exact) mass is 315 g/mol. The summed E-state index contributed by atoms with van der Waals surface area (Å²) in [5.41, 5.74) is 0.868. The molecule has 1 aromatic carbocycles. The van der Waals surface area contributed by atoms with Gasteiger partial charge in [-0.1, -0.05) is 11.6 Å². The van der Waals surface area contributed by atoms with E-state index in [1.807, 2.05) is 6.92 Å². The summed E-state index contributed by atoms with van der Waals surface area (Å²) in [6.07, 6.45) is -0.645. The molecule has 1 amide bonds. The summed E-state index contributed by atoms with van der Waals surface area (Å²) in [7, 11) is 1.57. The molecule has 5 nitrogen and oxygen atoms in total. The second-order valence-corrected chi connectivity index (χ2v) is 5.15. The minimum atomic E-state index is -0.645. The zero-order chi connectivity index (χ0) is 15.8. The highest BCUT2D eigenvalue weighted by atomic mass is 35.5. The van der Waals surface area contributed by atoms with Crippen molar-refractivity contribution in [3.63, 3.8) is 0 Å². The number of aliphatic hydroxyl groups is 1. The van der Waals surface area contributed by atoms with Gasteiger partial charge in [0.05, 0.1) is 13.2 Å². The maximum absolute atomic E-state index is 12.3. The van der Waals surface area contributed by atoms with Crippen molar-refractivity contribution in [3.8, 4) is 5.75 Å². The van der Waals surface area contributed by atoms with Crippen molar-refractivity contribution in [2.24, 2.45) is 0 Å². The van der Waals surface area contributed by atoms with E-state index in [1.54, 1.807) is 32.2 Å². The molecular formula is C15H22ClNO4. The molecular weight excluding hydrogens is 294 g/mol. The van der Waals surface area contributed by atoms with Gasteiger partial charge in [0.2, 0.25) is 0 Å². The first-order valence-electron chi connectivity index (χ1n) is 6.81. The molecule has 1 rings (SSSR count). The fourth-order valence-electron chi connectivity index (χ4n) is 1.90. The predicted molar refractivity (Wildman–Crippen MR) is 81.8 cm³/mol. The molecule has 0 radical (unpaired) electrons. The Balaban J connectivity index is 2.71. The smallest absolute Gasteiger partial charge is 0.263 e. The number of methoxy groups -OCH3 is 1. The number of aliphatic hydroxyl groups excluding tert-OH is 1. The molecule has 21 heavy (non-hydrogen) atoms. The molecule has 0 heterocycles. The van der Waals surface area contributed by atoms with Crippen LogP contribution in [0.2, 0.25) is 5.02 Å². The number of carbonyl (C=O) groups is 1. The highest BCUT2D eigenvalue weighted by Crippen LogP contribution is 2.23. The molecule has 0 aliphatic rings. The van der Waals surface area contributed by atoms with Gasteiger partial charge in [-0.25, -0.2) is 0 Å². The molecule has 0 spiro atoms. The van der Waals surface area contributed by atoms with Gasteiger partial charge in [-0.2, -0.15) is 0 Å². The Morgan fingerprint density at radius 2 is 2.14 bits per heavy atom. The normalized spacial score (nSPS) is 12.0. The first kappa shape index (κ1) is 17.8. The molecule has 0 saturated heterocycles. The number of amides is 1. The van der Waals surface area contributed by atoms with Crippen molar-refractivity contribution in [2.45, 2.75) is 20.0 Å². The number of rotatable bonds is 8. The van der Waals surface area contributed by atoms with Gasteiger partial charge in [0.1, 0.15) is 5.75 Å². The molecule has 0 saturated carbocycles. The first-order chi connectivity index (χ1) is 9.99. The Hall–Kier alpha value is -1.30. The van der Waals surface area contributed by atoms with E-state index in [9.17, 15) is 4.79 Å². The molecule has 0 aliphatic carbocycles. The van der Waals surface area contributed by atoms with Crippen molar-refractivity contribution in [1.82, 2.24) is 4.90 Å². The van der Waals surface area contributed by atoms with Crippen LogP contribution in [-0.4, -0.2) is 55.4 Å². The number of ether oxygens (including phenoxy) is 2. The van der Waals surface area contributed by atoms with E-state index in [1.165, 1.54) is 4.90 Å². The molecule has 0 fully saturated rings. The molecule has 1 unspecified atom stereocenters. The van der Waals surface area contributed by atoms with Gasteiger partial charge in [-0.05, 0) is 37.6 Å². The van der Waals surface area contributed by atoms with Crippen LogP contribution in [0, 0.1) is 6.92 Å². The summed E-state index contributed by atoms with van der Waals surface area (Å²) in [6.45, 7) is 4.56. The molecule has 0 aromatic heterocycles. The van der Waals surface area contributed by atoms with Crippen LogP contribution in [0.3, 0.4) is 0 Å². The molecule has 1 aromatic rings. The largest absolute Gasteiger partial charge is 0.481 e. The summed E-state index contributed by atoms with van der Waals surface area (Å²) >= 11 is 5.89. The summed E-state index contributed by atoms with van der Waals surface area (Å²) in [5, 5.41) is 9.67. The van der Waals surface area contributed by atoms with Crippen molar-refractivity contribution in [1.29, 1.82) is 0 Å². The third kappa shape index (κ3) is 5.53. The number of hydrogen-bond donors (Lipinski definition) is 1. The van der Waals surface area contributed by atoms with E-state index < -0.39 is 6.10 Å². The fourth-order valence-corrected chi connectivity index (χ4v) is 2.12. The van der Waals surface area contributed by atoms with E-state index in [2.05, 4.69) is 0 Å². The molecule has 118 valence electrons. The third-order valence-electron chi connectivity index (χ3n) is 3.04. The third-order valence-corrected chi connectivity index (χ3v) is 3.27. The number of benzene rings is 1. The van der Waals surface area contributed by atoms with E-state index in [-0.39, 0.29) is 19.1 Å². The average Bonchev–Trinajstić information content (AvgIpc) is 2.45. The molecule has 1 atom stereocenters. The quantitative estimate of drug-likeness (QED) is 0.796. The Morgan fingerprint density at radius 1 is 1.43 bits per heavy atom. The Kier molecular flexibility index (Phi) is 7.50. The van der Waals surface area contributed by atoms with Crippen LogP contribution in [0.1, 0.15) is 12.5 Å². The first-order valence-corrected chi connectivity index (χ1v) is 7.18. The van der Waals surface area contributed by atoms with Gasteiger partial charge >= 0.3 is 0 Å². The highest BCUT2D eigenvalue weighted by Gasteiger charge is 2.22. The van der Waals surface area contributed by atoms with Crippen LogP contribution in [0.4, 0.5) is 0 Å². The van der Waals surface area contributed by atoms with Gasteiger partial charge in [0.25, 0.3) is 5.91 Å².